The van der Waals surface area contributed by atoms with Gasteiger partial charge in [-0.1, -0.05) is 31.9 Å². The molecule has 104 valence electrons. The van der Waals surface area contributed by atoms with Gasteiger partial charge in [0, 0.05) is 12.5 Å². The largest absolute Gasteiger partial charge is 0.493 e. The van der Waals surface area contributed by atoms with Gasteiger partial charge in [0.2, 0.25) is 0 Å². The number of hydrogen-bond donors (Lipinski definition) is 1. The Hall–Kier alpha value is -1.02. The van der Waals surface area contributed by atoms with Crippen LogP contribution in [0, 0.1) is 5.92 Å². The van der Waals surface area contributed by atoms with Crippen LogP contribution >= 0.6 is 0 Å². The third-order valence-electron chi connectivity index (χ3n) is 4.56. The Morgan fingerprint density at radius 2 is 2.16 bits per heavy atom. The van der Waals surface area contributed by atoms with Crippen molar-refractivity contribution in [3.8, 4) is 5.75 Å². The summed E-state index contributed by atoms with van der Waals surface area (Å²) >= 11 is 0. The van der Waals surface area contributed by atoms with E-state index in [9.17, 15) is 0 Å². The van der Waals surface area contributed by atoms with Crippen LogP contribution < -0.4 is 10.1 Å². The molecule has 2 nitrogen and oxygen atoms in total. The van der Waals surface area contributed by atoms with E-state index in [1.165, 1.54) is 43.2 Å². The molecule has 3 rings (SSSR count). The van der Waals surface area contributed by atoms with Crippen molar-refractivity contribution in [1.29, 1.82) is 0 Å². The Morgan fingerprint density at radius 3 is 2.95 bits per heavy atom. The van der Waals surface area contributed by atoms with Crippen molar-refractivity contribution in [1.82, 2.24) is 5.32 Å². The van der Waals surface area contributed by atoms with Crippen LogP contribution in [-0.4, -0.2) is 13.2 Å². The Kier molecular flexibility index (Phi) is 4.07. The Bertz CT molecular complexity index is 423. The molecule has 0 bridgehead atoms. The summed E-state index contributed by atoms with van der Waals surface area (Å²) in [5.41, 5.74) is 2.88. The van der Waals surface area contributed by atoms with E-state index in [2.05, 4.69) is 30.4 Å². The summed E-state index contributed by atoms with van der Waals surface area (Å²) in [7, 11) is 0. The molecule has 1 aliphatic carbocycles. The van der Waals surface area contributed by atoms with Gasteiger partial charge in [-0.05, 0) is 48.9 Å². The molecule has 1 aromatic rings. The summed E-state index contributed by atoms with van der Waals surface area (Å²) in [6.45, 7) is 4.22. The zero-order valence-corrected chi connectivity index (χ0v) is 12.0. The van der Waals surface area contributed by atoms with Crippen LogP contribution in [-0.2, 0) is 6.42 Å². The molecule has 1 fully saturated rings. The molecular weight excluding hydrogens is 234 g/mol. The van der Waals surface area contributed by atoms with E-state index >= 15 is 0 Å². The number of fused-ring (bicyclic) bond motifs is 1. The SMILES string of the molecule is CCCNC(c1ccc2c(c1)CCO2)C1CCCC1. The molecular formula is C17H25NO. The van der Waals surface area contributed by atoms with Crippen molar-refractivity contribution in [2.75, 3.05) is 13.2 Å². The maximum atomic E-state index is 5.62. The zero-order valence-electron chi connectivity index (χ0n) is 12.0. The summed E-state index contributed by atoms with van der Waals surface area (Å²) in [4.78, 5) is 0. The van der Waals surface area contributed by atoms with Gasteiger partial charge >= 0.3 is 0 Å². The highest BCUT2D eigenvalue weighted by molar-refractivity contribution is 5.41. The number of nitrogens with one attached hydrogen (secondary N) is 1. The van der Waals surface area contributed by atoms with Crippen molar-refractivity contribution >= 4 is 0 Å². The molecule has 0 aromatic heterocycles. The molecule has 2 heteroatoms. The topological polar surface area (TPSA) is 21.3 Å². The molecule has 1 heterocycles. The lowest BCUT2D eigenvalue weighted by Gasteiger charge is -2.25. The van der Waals surface area contributed by atoms with Crippen LogP contribution in [0.1, 0.15) is 56.2 Å². The summed E-state index contributed by atoms with van der Waals surface area (Å²) in [5, 5.41) is 3.78. The molecule has 1 unspecified atom stereocenters. The second-order valence-electron chi connectivity index (χ2n) is 5.94. The molecule has 1 atom stereocenters. The van der Waals surface area contributed by atoms with Gasteiger partial charge < -0.3 is 10.1 Å². The lowest BCUT2D eigenvalue weighted by Crippen LogP contribution is -2.27. The smallest absolute Gasteiger partial charge is 0.122 e. The van der Waals surface area contributed by atoms with Crippen LogP contribution in [0.4, 0.5) is 0 Å². The van der Waals surface area contributed by atoms with E-state index < -0.39 is 0 Å². The summed E-state index contributed by atoms with van der Waals surface area (Å²) in [5.74, 6) is 1.93. The van der Waals surface area contributed by atoms with Gasteiger partial charge in [-0.25, -0.2) is 0 Å². The zero-order chi connectivity index (χ0) is 13.1. The Balaban J connectivity index is 1.81. The minimum atomic E-state index is 0.549. The molecule has 19 heavy (non-hydrogen) atoms. The summed E-state index contributed by atoms with van der Waals surface area (Å²) < 4.78 is 5.62. The first-order chi connectivity index (χ1) is 9.38. The first kappa shape index (κ1) is 13.0. The molecule has 1 aliphatic heterocycles. The monoisotopic (exact) mass is 259 g/mol. The van der Waals surface area contributed by atoms with E-state index in [-0.39, 0.29) is 0 Å². The lowest BCUT2D eigenvalue weighted by atomic mass is 9.90. The molecule has 0 spiro atoms. The highest BCUT2D eigenvalue weighted by Gasteiger charge is 2.26. The maximum Gasteiger partial charge on any atom is 0.122 e. The second kappa shape index (κ2) is 5.96. The predicted molar refractivity (Wildman–Crippen MR) is 78.6 cm³/mol. The first-order valence-corrected chi connectivity index (χ1v) is 7.87. The Morgan fingerprint density at radius 1 is 1.32 bits per heavy atom. The maximum absolute atomic E-state index is 5.62. The van der Waals surface area contributed by atoms with Crippen LogP contribution in [0.2, 0.25) is 0 Å². The normalized spacial score (nSPS) is 20.3. The minimum Gasteiger partial charge on any atom is -0.493 e. The van der Waals surface area contributed by atoms with E-state index in [1.54, 1.807) is 0 Å². The highest BCUT2D eigenvalue weighted by atomic mass is 16.5. The van der Waals surface area contributed by atoms with Gasteiger partial charge in [0.15, 0.2) is 0 Å². The average Bonchev–Trinajstić information content (AvgIpc) is 3.09. The molecule has 1 aromatic carbocycles. The van der Waals surface area contributed by atoms with Gasteiger partial charge in [-0.3, -0.25) is 0 Å². The number of hydrogen-bond acceptors (Lipinski definition) is 2. The van der Waals surface area contributed by atoms with E-state index in [4.69, 9.17) is 4.74 Å². The van der Waals surface area contributed by atoms with Gasteiger partial charge in [0.25, 0.3) is 0 Å². The summed E-state index contributed by atoms with van der Waals surface area (Å²) in [6.07, 6.45) is 7.86. The van der Waals surface area contributed by atoms with Crippen molar-refractivity contribution in [3.63, 3.8) is 0 Å². The molecule has 2 aliphatic rings. The van der Waals surface area contributed by atoms with Crippen LogP contribution in [0.15, 0.2) is 18.2 Å². The lowest BCUT2D eigenvalue weighted by molar-refractivity contribution is 0.356. The van der Waals surface area contributed by atoms with Crippen LogP contribution in [0.5, 0.6) is 5.75 Å². The molecule has 0 amide bonds. The fourth-order valence-electron chi connectivity index (χ4n) is 3.55. The third-order valence-corrected chi connectivity index (χ3v) is 4.56. The van der Waals surface area contributed by atoms with Gasteiger partial charge in [0.1, 0.15) is 5.75 Å². The molecule has 1 N–H and O–H groups in total. The molecule has 0 radical (unpaired) electrons. The average molecular weight is 259 g/mol. The van der Waals surface area contributed by atoms with Crippen molar-refractivity contribution in [2.45, 2.75) is 51.5 Å². The highest BCUT2D eigenvalue weighted by Crippen LogP contribution is 2.37. The fraction of sp³-hybridized carbons (Fsp3) is 0.647. The third kappa shape index (κ3) is 2.79. The number of ether oxygens (including phenoxy) is 1. The van der Waals surface area contributed by atoms with Gasteiger partial charge in [-0.2, -0.15) is 0 Å². The quantitative estimate of drug-likeness (QED) is 0.867. The van der Waals surface area contributed by atoms with Crippen LogP contribution in [0.3, 0.4) is 0 Å². The first-order valence-electron chi connectivity index (χ1n) is 7.87. The van der Waals surface area contributed by atoms with Crippen molar-refractivity contribution < 1.29 is 4.74 Å². The Labute approximate surface area is 116 Å². The predicted octanol–water partition coefficient (Wildman–Crippen LogP) is 3.85. The molecule has 0 saturated heterocycles. The van der Waals surface area contributed by atoms with E-state index in [1.807, 2.05) is 0 Å². The van der Waals surface area contributed by atoms with Gasteiger partial charge in [0.05, 0.1) is 6.61 Å². The van der Waals surface area contributed by atoms with Crippen LogP contribution in [0.25, 0.3) is 0 Å². The van der Waals surface area contributed by atoms with Gasteiger partial charge in [-0.15, -0.1) is 0 Å². The van der Waals surface area contributed by atoms with E-state index in [0.717, 1.165) is 31.2 Å². The standard InChI is InChI=1S/C17H25NO/c1-2-10-18-17(13-5-3-4-6-13)15-7-8-16-14(12-15)9-11-19-16/h7-8,12-13,17-18H,2-6,9-11H2,1H3. The van der Waals surface area contributed by atoms with Crippen molar-refractivity contribution in [3.05, 3.63) is 29.3 Å². The summed E-state index contributed by atoms with van der Waals surface area (Å²) in [6, 6.07) is 7.38. The van der Waals surface area contributed by atoms with Crippen molar-refractivity contribution in [2.24, 2.45) is 5.92 Å². The molecule has 1 saturated carbocycles. The minimum absolute atomic E-state index is 0.549. The number of rotatable bonds is 5. The number of benzene rings is 1. The van der Waals surface area contributed by atoms with E-state index in [0.29, 0.717) is 6.04 Å². The fourth-order valence-corrected chi connectivity index (χ4v) is 3.55. The second-order valence-corrected chi connectivity index (χ2v) is 5.94.